The van der Waals surface area contributed by atoms with Gasteiger partial charge in [-0.25, -0.2) is 0 Å². The van der Waals surface area contributed by atoms with Crippen LogP contribution in [0.3, 0.4) is 0 Å². The molecular formula is C22H31IN4. The van der Waals surface area contributed by atoms with Crippen molar-refractivity contribution in [2.45, 2.75) is 26.7 Å². The molecule has 1 heterocycles. The van der Waals surface area contributed by atoms with E-state index in [-0.39, 0.29) is 24.0 Å². The molecule has 1 atom stereocenters. The zero-order chi connectivity index (χ0) is 18.4. The number of nitrogens with zero attached hydrogens (tertiary/aromatic N) is 2. The van der Waals surface area contributed by atoms with E-state index < -0.39 is 0 Å². The summed E-state index contributed by atoms with van der Waals surface area (Å²) in [6.07, 6.45) is 2.32. The summed E-state index contributed by atoms with van der Waals surface area (Å²) < 4.78 is 0. The van der Waals surface area contributed by atoms with Gasteiger partial charge in [0.1, 0.15) is 0 Å². The number of aryl methyl sites for hydroxylation is 2. The quantitative estimate of drug-likeness (QED) is 0.372. The number of nitrogens with one attached hydrogen (secondary N) is 1. The maximum absolute atomic E-state index is 6.08. The molecule has 1 saturated heterocycles. The first-order valence-corrected chi connectivity index (χ1v) is 9.50. The number of rotatable bonds is 6. The van der Waals surface area contributed by atoms with E-state index >= 15 is 0 Å². The topological polar surface area (TPSA) is 53.6 Å². The largest absolute Gasteiger partial charge is 0.370 e. The van der Waals surface area contributed by atoms with Crippen molar-refractivity contribution < 1.29 is 0 Å². The zero-order valence-corrected chi connectivity index (χ0v) is 18.6. The lowest BCUT2D eigenvalue weighted by Gasteiger charge is -2.15. The fraction of sp³-hybridized carbons (Fsp3) is 0.409. The Labute approximate surface area is 180 Å². The number of likely N-dealkylation sites (tertiary alicyclic amines) is 1. The minimum atomic E-state index is 0. The third-order valence-corrected chi connectivity index (χ3v) is 4.94. The molecule has 1 aliphatic rings. The molecule has 1 unspecified atom stereocenters. The van der Waals surface area contributed by atoms with E-state index in [1.807, 2.05) is 0 Å². The lowest BCUT2D eigenvalue weighted by molar-refractivity contribution is 0.330. The maximum atomic E-state index is 6.08. The molecule has 3 rings (SSSR count). The third-order valence-electron chi connectivity index (χ3n) is 4.94. The number of anilines is 1. The second-order valence-electron chi connectivity index (χ2n) is 7.42. The van der Waals surface area contributed by atoms with E-state index in [9.17, 15) is 0 Å². The van der Waals surface area contributed by atoms with Gasteiger partial charge in [-0.1, -0.05) is 36.4 Å². The number of aliphatic imine (C=N–C) groups is 1. The normalized spacial score (nSPS) is 17.6. The van der Waals surface area contributed by atoms with Crippen LogP contribution in [0.1, 0.15) is 23.1 Å². The fourth-order valence-electron chi connectivity index (χ4n) is 3.66. The lowest BCUT2D eigenvalue weighted by atomic mass is 10.1. The van der Waals surface area contributed by atoms with Crippen LogP contribution >= 0.6 is 24.0 Å². The predicted octanol–water partition coefficient (Wildman–Crippen LogP) is 4.21. The summed E-state index contributed by atoms with van der Waals surface area (Å²) in [7, 11) is 0. The Balaban J connectivity index is 0.00000261. The second kappa shape index (κ2) is 10.7. The van der Waals surface area contributed by atoms with Gasteiger partial charge in [0.2, 0.25) is 0 Å². The Hall–Kier alpha value is -1.60. The first kappa shape index (κ1) is 21.7. The van der Waals surface area contributed by atoms with Gasteiger partial charge < -0.3 is 16.0 Å². The van der Waals surface area contributed by atoms with Crippen LogP contribution < -0.4 is 11.1 Å². The summed E-state index contributed by atoms with van der Waals surface area (Å²) in [5.74, 6) is 1.11. The van der Waals surface area contributed by atoms with Gasteiger partial charge in [-0.05, 0) is 68.0 Å². The van der Waals surface area contributed by atoms with E-state index in [1.54, 1.807) is 0 Å². The highest BCUT2D eigenvalue weighted by Crippen LogP contribution is 2.17. The van der Waals surface area contributed by atoms with E-state index in [1.165, 1.54) is 23.1 Å². The molecule has 0 aliphatic carbocycles. The molecule has 0 bridgehead atoms. The van der Waals surface area contributed by atoms with E-state index in [0.717, 1.165) is 38.3 Å². The van der Waals surface area contributed by atoms with Gasteiger partial charge in [0.25, 0.3) is 0 Å². The number of hydrogen-bond acceptors (Lipinski definition) is 2. The van der Waals surface area contributed by atoms with Crippen LogP contribution in [-0.4, -0.2) is 37.0 Å². The van der Waals surface area contributed by atoms with Crippen LogP contribution in [0.2, 0.25) is 0 Å². The molecule has 0 radical (unpaired) electrons. The molecule has 0 aromatic heterocycles. The number of guanidine groups is 1. The highest BCUT2D eigenvalue weighted by Gasteiger charge is 2.21. The fourth-order valence-corrected chi connectivity index (χ4v) is 3.66. The molecule has 146 valence electrons. The van der Waals surface area contributed by atoms with Crippen molar-refractivity contribution >= 4 is 35.6 Å². The molecule has 27 heavy (non-hydrogen) atoms. The van der Waals surface area contributed by atoms with Gasteiger partial charge in [0.05, 0.1) is 0 Å². The van der Waals surface area contributed by atoms with Crippen molar-refractivity contribution in [3.63, 3.8) is 0 Å². The second-order valence-corrected chi connectivity index (χ2v) is 7.42. The third kappa shape index (κ3) is 7.14. The summed E-state index contributed by atoms with van der Waals surface area (Å²) >= 11 is 0. The first-order valence-electron chi connectivity index (χ1n) is 9.50. The molecule has 0 saturated carbocycles. The summed E-state index contributed by atoms with van der Waals surface area (Å²) in [5, 5.41) is 3.22. The molecule has 0 amide bonds. The van der Waals surface area contributed by atoms with Crippen LogP contribution in [0.25, 0.3) is 0 Å². The van der Waals surface area contributed by atoms with Crippen LogP contribution in [0.4, 0.5) is 5.69 Å². The highest BCUT2D eigenvalue weighted by atomic mass is 127. The zero-order valence-electron chi connectivity index (χ0n) is 16.3. The smallest absolute Gasteiger partial charge is 0.193 e. The summed E-state index contributed by atoms with van der Waals surface area (Å²) in [5.41, 5.74) is 11.0. The molecule has 5 heteroatoms. The van der Waals surface area contributed by atoms with Crippen LogP contribution in [0, 0.1) is 19.8 Å². The van der Waals surface area contributed by atoms with Gasteiger partial charge in [-0.15, -0.1) is 24.0 Å². The van der Waals surface area contributed by atoms with Gasteiger partial charge in [-0.3, -0.25) is 4.99 Å². The van der Waals surface area contributed by atoms with Crippen molar-refractivity contribution in [2.75, 3.05) is 31.5 Å². The van der Waals surface area contributed by atoms with Crippen molar-refractivity contribution in [2.24, 2.45) is 16.6 Å². The highest BCUT2D eigenvalue weighted by molar-refractivity contribution is 14.0. The van der Waals surface area contributed by atoms with Crippen LogP contribution in [0.15, 0.2) is 53.5 Å². The SMILES string of the molecule is Cc1cc(C)cc(NC(N)=NCC2CCN(CCc3ccccc3)C2)c1.I. The average molecular weight is 478 g/mol. The van der Waals surface area contributed by atoms with E-state index in [0.29, 0.717) is 11.9 Å². The molecular weight excluding hydrogens is 447 g/mol. The molecule has 2 aromatic rings. The Morgan fingerprint density at radius 2 is 1.85 bits per heavy atom. The van der Waals surface area contributed by atoms with E-state index in [2.05, 4.69) is 77.6 Å². The number of nitrogens with two attached hydrogens (primary N) is 1. The van der Waals surface area contributed by atoms with Crippen molar-refractivity contribution in [3.05, 3.63) is 65.2 Å². The van der Waals surface area contributed by atoms with Crippen molar-refractivity contribution in [1.29, 1.82) is 0 Å². The monoisotopic (exact) mass is 478 g/mol. The summed E-state index contributed by atoms with van der Waals surface area (Å²) in [6, 6.07) is 17.1. The van der Waals surface area contributed by atoms with Gasteiger partial charge in [0.15, 0.2) is 5.96 Å². The average Bonchev–Trinajstić information content (AvgIpc) is 3.06. The molecule has 3 N–H and O–H groups in total. The Bertz CT molecular complexity index is 725. The van der Waals surface area contributed by atoms with Gasteiger partial charge in [-0.2, -0.15) is 0 Å². The molecule has 4 nitrogen and oxygen atoms in total. The van der Waals surface area contributed by atoms with Crippen LogP contribution in [-0.2, 0) is 6.42 Å². The number of benzene rings is 2. The van der Waals surface area contributed by atoms with E-state index in [4.69, 9.17) is 5.73 Å². The van der Waals surface area contributed by atoms with Crippen molar-refractivity contribution in [1.82, 2.24) is 4.90 Å². The van der Waals surface area contributed by atoms with Crippen molar-refractivity contribution in [3.8, 4) is 0 Å². The molecule has 1 aliphatic heterocycles. The predicted molar refractivity (Wildman–Crippen MR) is 126 cm³/mol. The Kier molecular flexibility index (Phi) is 8.57. The van der Waals surface area contributed by atoms with Crippen LogP contribution in [0.5, 0.6) is 0 Å². The summed E-state index contributed by atoms with van der Waals surface area (Å²) in [6.45, 7) is 8.39. The first-order chi connectivity index (χ1) is 12.6. The maximum Gasteiger partial charge on any atom is 0.193 e. The Morgan fingerprint density at radius 1 is 1.15 bits per heavy atom. The molecule has 2 aromatic carbocycles. The molecule has 0 spiro atoms. The minimum Gasteiger partial charge on any atom is -0.370 e. The molecule has 1 fully saturated rings. The lowest BCUT2D eigenvalue weighted by Crippen LogP contribution is -2.26. The number of hydrogen-bond donors (Lipinski definition) is 2. The number of halogens is 1. The Morgan fingerprint density at radius 3 is 2.56 bits per heavy atom. The van der Waals surface area contributed by atoms with Gasteiger partial charge in [0, 0.05) is 25.3 Å². The minimum absolute atomic E-state index is 0. The summed E-state index contributed by atoms with van der Waals surface area (Å²) in [4.78, 5) is 7.11. The standard InChI is InChI=1S/C22H30N4.HI/c1-17-12-18(2)14-21(13-17)25-22(23)24-15-20-9-11-26(16-20)10-8-19-6-4-3-5-7-19;/h3-7,12-14,20H,8-11,15-16H2,1-2H3,(H3,23,24,25);1H. The van der Waals surface area contributed by atoms with Gasteiger partial charge >= 0.3 is 0 Å².